The molecule has 1 aliphatic rings. The molecular weight excluding hydrogens is 423 g/mol. The number of pyridine rings is 1. The topological polar surface area (TPSA) is 25.2 Å². The van der Waals surface area contributed by atoms with Gasteiger partial charge in [-0.1, -0.05) is 54.4 Å². The van der Waals surface area contributed by atoms with Crippen LogP contribution in [0.1, 0.15) is 37.8 Å². The van der Waals surface area contributed by atoms with E-state index in [2.05, 4.69) is 41.2 Å². The van der Waals surface area contributed by atoms with Crippen LogP contribution in [0.4, 0.5) is 0 Å². The Morgan fingerprint density at radius 1 is 1.07 bits per heavy atom. The number of allylic oxidation sites excluding steroid dienone is 2. The molecule has 1 unspecified atom stereocenters. The summed E-state index contributed by atoms with van der Waals surface area (Å²) in [4.78, 5) is 8.55. The van der Waals surface area contributed by atoms with Crippen LogP contribution in [0.25, 0.3) is 10.9 Å². The molecule has 2 heterocycles. The number of hydrogen-bond donors (Lipinski definition) is 0. The molecule has 2 nitrogen and oxygen atoms in total. The molecule has 0 spiro atoms. The number of nitrogens with zero attached hydrogens (tertiary/aromatic N) is 2. The van der Waals surface area contributed by atoms with Crippen molar-refractivity contribution >= 4 is 51.9 Å². The average Bonchev–Trinajstić information content (AvgIpc) is 2.72. The molecule has 0 saturated carbocycles. The summed E-state index contributed by atoms with van der Waals surface area (Å²) < 4.78 is 0. The first-order valence-corrected chi connectivity index (χ1v) is 10.8. The maximum atomic E-state index is 6.20. The lowest BCUT2D eigenvalue weighted by Gasteiger charge is -2.13. The van der Waals surface area contributed by atoms with E-state index in [1.165, 1.54) is 11.1 Å². The van der Waals surface area contributed by atoms with Crippen LogP contribution in [0.3, 0.4) is 0 Å². The number of aromatic nitrogens is 1. The van der Waals surface area contributed by atoms with Crippen LogP contribution >= 0.6 is 34.8 Å². The molecule has 0 N–H and O–H groups in total. The molecule has 0 aliphatic carbocycles. The van der Waals surface area contributed by atoms with E-state index in [1.54, 1.807) is 12.3 Å². The van der Waals surface area contributed by atoms with Crippen molar-refractivity contribution in [1.29, 1.82) is 0 Å². The largest absolute Gasteiger partial charge is 0.264 e. The average molecular weight is 446 g/mol. The maximum absolute atomic E-state index is 6.20. The van der Waals surface area contributed by atoms with Gasteiger partial charge in [0.05, 0.1) is 10.9 Å². The summed E-state index contributed by atoms with van der Waals surface area (Å²) in [6.45, 7) is 4.18. The Morgan fingerprint density at radius 3 is 2.62 bits per heavy atom. The standard InChI is InChI=1S/C16H11Cl2N.C8H12ClN/c17-14-6-5-13(15(18)10-14)8-11-3-4-12-2-1-7-19-16(12)9-11;1-3-7-4-8(9)5-10-6(7)2/h1-7,9-10H,8H2;5,8H,3-4H2,1-2H3. The Balaban J connectivity index is 0.000000204. The van der Waals surface area contributed by atoms with Crippen LogP contribution in [0.5, 0.6) is 0 Å². The van der Waals surface area contributed by atoms with Gasteiger partial charge in [-0.2, -0.15) is 0 Å². The summed E-state index contributed by atoms with van der Waals surface area (Å²) >= 11 is 18.0. The number of hydrogen-bond acceptors (Lipinski definition) is 2. The maximum Gasteiger partial charge on any atom is 0.0725 e. The van der Waals surface area contributed by atoms with Crippen molar-refractivity contribution in [2.24, 2.45) is 4.99 Å². The van der Waals surface area contributed by atoms with Crippen LogP contribution in [-0.4, -0.2) is 16.6 Å². The number of fused-ring (bicyclic) bond motifs is 1. The van der Waals surface area contributed by atoms with Gasteiger partial charge in [-0.15, -0.1) is 11.6 Å². The zero-order chi connectivity index (χ0) is 20.8. The molecule has 0 amide bonds. The smallest absolute Gasteiger partial charge is 0.0725 e. The van der Waals surface area contributed by atoms with E-state index >= 15 is 0 Å². The van der Waals surface area contributed by atoms with Crippen LogP contribution in [0.2, 0.25) is 10.0 Å². The highest BCUT2D eigenvalue weighted by molar-refractivity contribution is 6.35. The second kappa shape index (κ2) is 10.2. The predicted molar refractivity (Wildman–Crippen MR) is 127 cm³/mol. The van der Waals surface area contributed by atoms with Gasteiger partial charge in [-0.3, -0.25) is 9.98 Å². The van der Waals surface area contributed by atoms with E-state index in [4.69, 9.17) is 34.8 Å². The van der Waals surface area contributed by atoms with Gasteiger partial charge in [0.15, 0.2) is 0 Å². The second-order valence-electron chi connectivity index (χ2n) is 6.98. The molecule has 0 bridgehead atoms. The molecule has 29 heavy (non-hydrogen) atoms. The minimum Gasteiger partial charge on any atom is -0.264 e. The van der Waals surface area contributed by atoms with Crippen molar-refractivity contribution in [2.45, 2.75) is 38.5 Å². The third kappa shape index (κ3) is 6.05. The van der Waals surface area contributed by atoms with Crippen LogP contribution in [0.15, 0.2) is 71.0 Å². The van der Waals surface area contributed by atoms with Crippen molar-refractivity contribution in [2.75, 3.05) is 0 Å². The lowest BCUT2D eigenvalue weighted by Crippen LogP contribution is -2.07. The van der Waals surface area contributed by atoms with E-state index in [1.807, 2.05) is 31.3 Å². The van der Waals surface area contributed by atoms with E-state index in [0.29, 0.717) is 10.0 Å². The zero-order valence-electron chi connectivity index (χ0n) is 16.5. The second-order valence-corrected chi connectivity index (χ2v) is 8.39. The fourth-order valence-corrected chi connectivity index (χ4v) is 3.94. The van der Waals surface area contributed by atoms with E-state index in [-0.39, 0.29) is 5.38 Å². The number of rotatable bonds is 3. The summed E-state index contributed by atoms with van der Waals surface area (Å²) in [6.07, 6.45) is 6.46. The van der Waals surface area contributed by atoms with Crippen molar-refractivity contribution in [3.8, 4) is 0 Å². The third-order valence-corrected chi connectivity index (χ3v) is 5.74. The van der Waals surface area contributed by atoms with Gasteiger partial charge < -0.3 is 0 Å². The highest BCUT2D eigenvalue weighted by atomic mass is 35.5. The minimum absolute atomic E-state index is 0.124. The minimum atomic E-state index is 0.124. The zero-order valence-corrected chi connectivity index (χ0v) is 18.8. The van der Waals surface area contributed by atoms with Gasteiger partial charge in [0.25, 0.3) is 0 Å². The molecule has 1 atom stereocenters. The van der Waals surface area contributed by atoms with Gasteiger partial charge in [0.1, 0.15) is 0 Å². The summed E-state index contributed by atoms with van der Waals surface area (Å²) in [5, 5.41) is 2.63. The van der Waals surface area contributed by atoms with Crippen molar-refractivity contribution in [1.82, 2.24) is 4.98 Å². The summed E-state index contributed by atoms with van der Waals surface area (Å²) in [6, 6.07) is 15.9. The third-order valence-electron chi connectivity index (χ3n) is 4.89. The van der Waals surface area contributed by atoms with Gasteiger partial charge in [-0.25, -0.2) is 0 Å². The number of benzene rings is 2. The van der Waals surface area contributed by atoms with Gasteiger partial charge in [-0.05, 0) is 67.2 Å². The van der Waals surface area contributed by atoms with Gasteiger partial charge in [0, 0.05) is 33.5 Å². The number of halogens is 3. The van der Waals surface area contributed by atoms with Gasteiger partial charge >= 0.3 is 0 Å². The van der Waals surface area contributed by atoms with Crippen molar-refractivity contribution in [3.63, 3.8) is 0 Å². The Bertz CT molecular complexity index is 1060. The van der Waals surface area contributed by atoms with Crippen LogP contribution < -0.4 is 0 Å². The van der Waals surface area contributed by atoms with Crippen molar-refractivity contribution < 1.29 is 0 Å². The Morgan fingerprint density at radius 2 is 1.90 bits per heavy atom. The molecule has 1 aromatic heterocycles. The predicted octanol–water partition coefficient (Wildman–Crippen LogP) is 7.88. The lowest BCUT2D eigenvalue weighted by atomic mass is 10.0. The Kier molecular flexibility index (Phi) is 7.71. The fourth-order valence-electron chi connectivity index (χ4n) is 3.23. The lowest BCUT2D eigenvalue weighted by molar-refractivity contribution is 0.887. The monoisotopic (exact) mass is 444 g/mol. The highest BCUT2D eigenvalue weighted by Gasteiger charge is 2.10. The van der Waals surface area contributed by atoms with E-state index in [9.17, 15) is 0 Å². The fraction of sp³-hybridized carbons (Fsp3) is 0.250. The molecule has 0 saturated heterocycles. The molecule has 0 fully saturated rings. The Hall–Kier alpha value is -1.87. The summed E-state index contributed by atoms with van der Waals surface area (Å²) in [5.74, 6) is 0. The SMILES string of the molecule is CCC1=C(C)N=CC(Cl)C1.Clc1ccc(Cc2ccc3cccnc3c2)c(Cl)c1. The normalized spacial score (nSPS) is 16.0. The molecule has 0 radical (unpaired) electrons. The first-order valence-electron chi connectivity index (χ1n) is 9.60. The van der Waals surface area contributed by atoms with E-state index < -0.39 is 0 Å². The summed E-state index contributed by atoms with van der Waals surface area (Å²) in [7, 11) is 0. The molecule has 1 aliphatic heterocycles. The molecule has 3 aromatic rings. The van der Waals surface area contributed by atoms with Gasteiger partial charge in [0.2, 0.25) is 0 Å². The first kappa shape index (κ1) is 21.8. The summed E-state index contributed by atoms with van der Waals surface area (Å²) in [5.41, 5.74) is 5.81. The molecule has 2 aromatic carbocycles. The molecule has 150 valence electrons. The Labute approximate surface area is 187 Å². The molecule has 5 heteroatoms. The highest BCUT2D eigenvalue weighted by Crippen LogP contribution is 2.24. The van der Waals surface area contributed by atoms with Crippen LogP contribution in [-0.2, 0) is 6.42 Å². The van der Waals surface area contributed by atoms with Crippen molar-refractivity contribution in [3.05, 3.63) is 87.2 Å². The molecular formula is C24H23Cl3N2. The first-order chi connectivity index (χ1) is 14.0. The van der Waals surface area contributed by atoms with Crippen LogP contribution in [0, 0.1) is 0 Å². The molecule has 4 rings (SSSR count). The number of alkyl halides is 1. The van der Waals surface area contributed by atoms with E-state index in [0.717, 1.165) is 41.4 Å². The quantitative estimate of drug-likeness (QED) is 0.376. The number of aliphatic imine (C=N–C) groups is 1.